The van der Waals surface area contributed by atoms with Crippen molar-refractivity contribution in [3.63, 3.8) is 0 Å². The van der Waals surface area contributed by atoms with Gasteiger partial charge in [-0.3, -0.25) is 0 Å². The van der Waals surface area contributed by atoms with E-state index < -0.39 is 0 Å². The van der Waals surface area contributed by atoms with Crippen LogP contribution in [-0.2, 0) is 0 Å². The van der Waals surface area contributed by atoms with Crippen LogP contribution < -0.4 is 5.32 Å². The minimum Gasteiger partial charge on any atom is -0.313 e. The Balaban J connectivity index is 2.68. The zero-order valence-corrected chi connectivity index (χ0v) is 5.63. The van der Waals surface area contributed by atoms with Crippen LogP contribution in [0.25, 0.3) is 0 Å². The zero-order valence-electron chi connectivity index (χ0n) is 4.87. The van der Waals surface area contributed by atoms with Crippen LogP contribution in [-0.4, -0.2) is 18.5 Å². The van der Waals surface area contributed by atoms with E-state index in [-0.39, 0.29) is 0 Å². The second-order valence-corrected chi connectivity index (χ2v) is 2.18. The van der Waals surface area contributed by atoms with Gasteiger partial charge in [0.15, 0.2) is 0 Å². The highest BCUT2D eigenvalue weighted by Gasteiger charge is 1.86. The molecule has 0 fully saturated rings. The van der Waals surface area contributed by atoms with Crippen LogP contribution in [0.3, 0.4) is 0 Å². The van der Waals surface area contributed by atoms with Crippen molar-refractivity contribution in [1.82, 2.24) is 5.32 Å². The summed E-state index contributed by atoms with van der Waals surface area (Å²) in [5.41, 5.74) is 0. The van der Waals surface area contributed by atoms with Gasteiger partial charge in [0, 0.05) is 18.5 Å². The molecule has 0 amide bonds. The van der Waals surface area contributed by atoms with E-state index in [1.165, 1.54) is 0 Å². The Labute approximate surface area is 50.1 Å². The Kier molecular flexibility index (Phi) is 4.57. The molecule has 1 N–H and O–H groups in total. The zero-order chi connectivity index (χ0) is 5.70. The topological polar surface area (TPSA) is 12.0 Å². The Hall–Kier alpha value is 0.250. The molecule has 0 bridgehead atoms. The van der Waals surface area contributed by atoms with Gasteiger partial charge in [-0.05, 0) is 0 Å². The van der Waals surface area contributed by atoms with Gasteiger partial charge in [-0.25, -0.2) is 0 Å². The second-order valence-electron chi connectivity index (χ2n) is 1.80. The maximum absolute atomic E-state index is 5.38. The van der Waals surface area contributed by atoms with Crippen LogP contribution in [0.1, 0.15) is 13.8 Å². The summed E-state index contributed by atoms with van der Waals surface area (Å²) in [5, 5.41) is 3.16. The van der Waals surface area contributed by atoms with Gasteiger partial charge in [-0.1, -0.05) is 13.8 Å². The highest BCUT2D eigenvalue weighted by molar-refractivity contribution is 6.18. The van der Waals surface area contributed by atoms with Gasteiger partial charge in [0.05, 0.1) is 0 Å². The maximum atomic E-state index is 5.38. The van der Waals surface area contributed by atoms with E-state index >= 15 is 0 Å². The molecule has 0 aromatic rings. The SMILES string of the molecule is CC(C)NCCCl. The fraction of sp³-hybridized carbons (Fsp3) is 1.00. The monoisotopic (exact) mass is 121 g/mol. The summed E-state index contributed by atoms with van der Waals surface area (Å²) in [5.74, 6) is 0.707. The fourth-order valence-electron chi connectivity index (χ4n) is 0.343. The van der Waals surface area contributed by atoms with E-state index in [2.05, 4.69) is 19.2 Å². The van der Waals surface area contributed by atoms with Crippen LogP contribution >= 0.6 is 11.6 Å². The lowest BCUT2D eigenvalue weighted by atomic mass is 10.4. The molecule has 0 aromatic carbocycles. The van der Waals surface area contributed by atoms with Gasteiger partial charge in [-0.15, -0.1) is 11.6 Å². The molecule has 0 aliphatic carbocycles. The summed E-state index contributed by atoms with van der Waals surface area (Å²) in [4.78, 5) is 0. The normalized spacial score (nSPS) is 10.3. The molecule has 0 spiro atoms. The first-order chi connectivity index (χ1) is 3.27. The lowest BCUT2D eigenvalue weighted by molar-refractivity contribution is 0.615. The Morgan fingerprint density at radius 3 is 2.29 bits per heavy atom. The molecule has 0 radical (unpaired) electrons. The molecule has 0 aliphatic heterocycles. The molecule has 0 aliphatic rings. The van der Waals surface area contributed by atoms with Crippen molar-refractivity contribution in [2.24, 2.45) is 0 Å². The number of halogens is 1. The lowest BCUT2D eigenvalue weighted by Gasteiger charge is -2.02. The summed E-state index contributed by atoms with van der Waals surface area (Å²) in [7, 11) is 0. The molecular formula is C5H12ClN. The number of alkyl halides is 1. The molecule has 0 unspecified atom stereocenters. The maximum Gasteiger partial charge on any atom is 0.0348 e. The predicted molar refractivity (Wildman–Crippen MR) is 33.9 cm³/mol. The van der Waals surface area contributed by atoms with E-state index in [9.17, 15) is 0 Å². The first-order valence-corrected chi connectivity index (χ1v) is 3.10. The highest BCUT2D eigenvalue weighted by atomic mass is 35.5. The van der Waals surface area contributed by atoms with E-state index in [4.69, 9.17) is 11.6 Å². The first kappa shape index (κ1) is 7.25. The summed E-state index contributed by atoms with van der Waals surface area (Å²) in [6.45, 7) is 5.12. The van der Waals surface area contributed by atoms with Gasteiger partial charge < -0.3 is 5.32 Å². The van der Waals surface area contributed by atoms with Gasteiger partial charge in [0.1, 0.15) is 0 Å². The summed E-state index contributed by atoms with van der Waals surface area (Å²) < 4.78 is 0. The summed E-state index contributed by atoms with van der Waals surface area (Å²) in [6, 6.07) is 0.568. The van der Waals surface area contributed by atoms with Gasteiger partial charge in [-0.2, -0.15) is 0 Å². The molecule has 1 nitrogen and oxygen atoms in total. The fourth-order valence-corrected chi connectivity index (χ4v) is 0.452. The smallest absolute Gasteiger partial charge is 0.0348 e. The number of hydrogen-bond acceptors (Lipinski definition) is 1. The molecule has 0 rings (SSSR count). The molecular weight excluding hydrogens is 110 g/mol. The van der Waals surface area contributed by atoms with Crippen molar-refractivity contribution in [3.8, 4) is 0 Å². The second kappa shape index (κ2) is 4.41. The van der Waals surface area contributed by atoms with Crippen molar-refractivity contribution in [1.29, 1.82) is 0 Å². The molecule has 2 heteroatoms. The van der Waals surface area contributed by atoms with Crippen molar-refractivity contribution >= 4 is 11.6 Å². The Morgan fingerprint density at radius 2 is 2.14 bits per heavy atom. The number of hydrogen-bond donors (Lipinski definition) is 1. The van der Waals surface area contributed by atoms with Crippen LogP contribution in [0.2, 0.25) is 0 Å². The largest absolute Gasteiger partial charge is 0.313 e. The predicted octanol–water partition coefficient (Wildman–Crippen LogP) is 1.22. The van der Waals surface area contributed by atoms with E-state index in [0.717, 1.165) is 6.54 Å². The molecule has 44 valence electrons. The third kappa shape index (κ3) is 6.25. The molecule has 0 heterocycles. The van der Waals surface area contributed by atoms with Crippen molar-refractivity contribution < 1.29 is 0 Å². The summed E-state index contributed by atoms with van der Waals surface area (Å²) >= 11 is 5.38. The average Bonchev–Trinajstić information content (AvgIpc) is 1.61. The van der Waals surface area contributed by atoms with Crippen molar-refractivity contribution in [3.05, 3.63) is 0 Å². The van der Waals surface area contributed by atoms with Crippen LogP contribution in [0.5, 0.6) is 0 Å². The quantitative estimate of drug-likeness (QED) is 0.554. The van der Waals surface area contributed by atoms with Crippen LogP contribution in [0.4, 0.5) is 0 Å². The minimum atomic E-state index is 0.568. The van der Waals surface area contributed by atoms with E-state index in [1.54, 1.807) is 0 Å². The molecule has 7 heavy (non-hydrogen) atoms. The number of nitrogens with one attached hydrogen (secondary N) is 1. The first-order valence-electron chi connectivity index (χ1n) is 2.56. The van der Waals surface area contributed by atoms with E-state index in [1.807, 2.05) is 0 Å². The van der Waals surface area contributed by atoms with Gasteiger partial charge in [0.25, 0.3) is 0 Å². The van der Waals surface area contributed by atoms with Crippen LogP contribution in [0, 0.1) is 0 Å². The minimum absolute atomic E-state index is 0.568. The molecule has 0 saturated heterocycles. The Bertz CT molecular complexity index is 37.1. The Morgan fingerprint density at radius 1 is 1.57 bits per heavy atom. The third-order valence-corrected chi connectivity index (χ3v) is 0.836. The molecule has 0 aromatic heterocycles. The van der Waals surface area contributed by atoms with Gasteiger partial charge in [0.2, 0.25) is 0 Å². The third-order valence-electron chi connectivity index (χ3n) is 0.647. The van der Waals surface area contributed by atoms with Gasteiger partial charge >= 0.3 is 0 Å². The average molecular weight is 122 g/mol. The van der Waals surface area contributed by atoms with Crippen molar-refractivity contribution in [2.75, 3.05) is 12.4 Å². The van der Waals surface area contributed by atoms with Crippen molar-refractivity contribution in [2.45, 2.75) is 19.9 Å². The standard InChI is InChI=1S/C5H12ClN/c1-5(2)7-4-3-6/h5,7H,3-4H2,1-2H3. The molecule has 0 atom stereocenters. The molecule has 0 saturated carbocycles. The highest BCUT2D eigenvalue weighted by Crippen LogP contribution is 1.75. The number of rotatable bonds is 3. The van der Waals surface area contributed by atoms with Crippen LogP contribution in [0.15, 0.2) is 0 Å². The summed E-state index contributed by atoms with van der Waals surface area (Å²) in [6.07, 6.45) is 0. The lowest BCUT2D eigenvalue weighted by Crippen LogP contribution is -2.24. The van der Waals surface area contributed by atoms with E-state index in [0.29, 0.717) is 11.9 Å².